The lowest BCUT2D eigenvalue weighted by Crippen LogP contribution is -2.63. The van der Waals surface area contributed by atoms with Gasteiger partial charge in [-0.25, -0.2) is 0 Å². The van der Waals surface area contributed by atoms with E-state index in [4.69, 9.17) is 29.4 Å². The molecule has 1 heterocycles. The van der Waals surface area contributed by atoms with Crippen LogP contribution in [0.2, 0.25) is 0 Å². The van der Waals surface area contributed by atoms with Gasteiger partial charge in [0.2, 0.25) is 5.91 Å². The van der Waals surface area contributed by atoms with Crippen molar-refractivity contribution in [1.82, 2.24) is 0 Å². The predicted octanol–water partition coefficient (Wildman–Crippen LogP) is -1.70. The maximum Gasteiger partial charge on any atom is 0.303 e. The second kappa shape index (κ2) is 10.9. The van der Waals surface area contributed by atoms with E-state index < -0.39 is 82.8 Å². The summed E-state index contributed by atoms with van der Waals surface area (Å²) in [7, 11) is -2.13. The molecule has 1 aliphatic heterocycles. The fourth-order valence-corrected chi connectivity index (χ4v) is 3.84. The number of rotatable bonds is 8. The number of carbonyl (C=O) groups excluding carboxylic acids is 5. The average molecular weight is 437 g/mol. The molecule has 0 bridgehead atoms. The number of hydrogen-bond acceptors (Lipinski definition) is 11. The molecule has 0 spiro atoms. The molecular weight excluding hydrogens is 414 g/mol. The molecule has 2 N–H and O–H groups in total. The molecule has 1 rings (SSSR count). The van der Waals surface area contributed by atoms with Gasteiger partial charge in [-0.3, -0.25) is 28.2 Å². The highest BCUT2D eigenvalue weighted by Gasteiger charge is 2.54. The molecule has 1 aliphatic rings. The molecule has 0 aromatic carbocycles. The molecule has 1 unspecified atom stereocenters. The summed E-state index contributed by atoms with van der Waals surface area (Å²) in [6, 6.07) is 0. The number of primary amides is 1. The van der Waals surface area contributed by atoms with E-state index in [2.05, 4.69) is 0 Å². The lowest BCUT2D eigenvalue weighted by atomic mass is 9.99. The zero-order valence-corrected chi connectivity index (χ0v) is 17.1. The summed E-state index contributed by atoms with van der Waals surface area (Å²) in [6.45, 7) is 3.85. The first-order chi connectivity index (χ1) is 13.4. The summed E-state index contributed by atoms with van der Waals surface area (Å²) in [4.78, 5) is 57.1. The molecular formula is C16H23NO11S. The Labute approximate surface area is 168 Å². The van der Waals surface area contributed by atoms with Crippen LogP contribution in [0.15, 0.2) is 0 Å². The largest absolute Gasteiger partial charge is 0.463 e. The standard InChI is InChI=1S/C16H23NO11S/c1-7(18)24-5-11-13(25-8(2)19)14(26-9(3)20)15(27-10(4)21)16(28-11)29(23)6-12(17)22/h11,13-16H,5-6H2,1-4H3,(H2,17,22)/t11-,13-,14+,15-,16+,29?/m1/s1. The Bertz CT molecular complexity index is 694. The van der Waals surface area contributed by atoms with Gasteiger partial charge < -0.3 is 29.4 Å². The van der Waals surface area contributed by atoms with Crippen molar-refractivity contribution in [2.45, 2.75) is 57.5 Å². The summed E-state index contributed by atoms with van der Waals surface area (Å²) >= 11 is 0. The fraction of sp³-hybridized carbons (Fsp3) is 0.688. The second-order valence-corrected chi connectivity index (χ2v) is 7.57. The van der Waals surface area contributed by atoms with Crippen molar-refractivity contribution >= 4 is 40.6 Å². The lowest BCUT2D eigenvalue weighted by molar-refractivity contribution is -0.238. The van der Waals surface area contributed by atoms with Crippen LogP contribution in [0.5, 0.6) is 0 Å². The van der Waals surface area contributed by atoms with E-state index in [9.17, 15) is 28.2 Å². The van der Waals surface area contributed by atoms with Crippen molar-refractivity contribution in [2.24, 2.45) is 5.73 Å². The summed E-state index contributed by atoms with van der Waals surface area (Å²) in [5.74, 6) is -4.70. The Morgan fingerprint density at radius 3 is 1.76 bits per heavy atom. The summed E-state index contributed by atoms with van der Waals surface area (Å²) in [6.07, 6.45) is -5.53. The van der Waals surface area contributed by atoms with E-state index in [1.807, 2.05) is 0 Å². The number of ether oxygens (including phenoxy) is 5. The third kappa shape index (κ3) is 7.77. The number of amides is 1. The molecule has 1 fully saturated rings. The van der Waals surface area contributed by atoms with E-state index in [0.29, 0.717) is 0 Å². The smallest absolute Gasteiger partial charge is 0.303 e. The van der Waals surface area contributed by atoms with Gasteiger partial charge in [-0.2, -0.15) is 0 Å². The predicted molar refractivity (Wildman–Crippen MR) is 94.2 cm³/mol. The van der Waals surface area contributed by atoms with Crippen LogP contribution >= 0.6 is 0 Å². The van der Waals surface area contributed by atoms with Gasteiger partial charge in [0.1, 0.15) is 18.5 Å². The van der Waals surface area contributed by atoms with Crippen LogP contribution in [-0.4, -0.2) is 76.2 Å². The Kier molecular flexibility index (Phi) is 9.17. The molecule has 164 valence electrons. The first-order valence-electron chi connectivity index (χ1n) is 8.38. The minimum atomic E-state index is -2.13. The van der Waals surface area contributed by atoms with E-state index in [1.165, 1.54) is 0 Å². The fourth-order valence-electron chi connectivity index (χ4n) is 2.62. The number of esters is 4. The van der Waals surface area contributed by atoms with E-state index in [-0.39, 0.29) is 0 Å². The Balaban J connectivity index is 3.39. The van der Waals surface area contributed by atoms with Crippen LogP contribution in [0.1, 0.15) is 27.7 Å². The van der Waals surface area contributed by atoms with Crippen molar-refractivity contribution in [1.29, 1.82) is 0 Å². The monoisotopic (exact) mass is 437 g/mol. The Hall–Kier alpha value is -2.54. The quantitative estimate of drug-likeness (QED) is 0.338. The van der Waals surface area contributed by atoms with Crippen molar-refractivity contribution in [2.75, 3.05) is 12.4 Å². The molecule has 0 aromatic heterocycles. The molecule has 6 atom stereocenters. The normalized spacial score (nSPS) is 27.2. The molecule has 0 aromatic rings. The van der Waals surface area contributed by atoms with Gasteiger partial charge in [0.15, 0.2) is 23.7 Å². The third-order valence-corrected chi connectivity index (χ3v) is 4.96. The van der Waals surface area contributed by atoms with Crippen molar-refractivity contribution in [3.8, 4) is 0 Å². The highest BCUT2D eigenvalue weighted by molar-refractivity contribution is 7.86. The van der Waals surface area contributed by atoms with Gasteiger partial charge in [0, 0.05) is 27.7 Å². The molecule has 13 heteroatoms. The van der Waals surface area contributed by atoms with E-state index in [1.54, 1.807) is 0 Å². The maximum atomic E-state index is 12.6. The minimum Gasteiger partial charge on any atom is -0.463 e. The highest BCUT2D eigenvalue weighted by atomic mass is 32.2. The van der Waals surface area contributed by atoms with Crippen LogP contribution in [0.3, 0.4) is 0 Å². The minimum absolute atomic E-state index is 0.456. The molecule has 0 aliphatic carbocycles. The van der Waals surface area contributed by atoms with Gasteiger partial charge >= 0.3 is 23.9 Å². The molecule has 1 amide bonds. The van der Waals surface area contributed by atoms with Crippen molar-refractivity contribution in [3.05, 3.63) is 0 Å². The number of hydrogen-bond donors (Lipinski definition) is 1. The second-order valence-electron chi connectivity index (χ2n) is 6.06. The van der Waals surface area contributed by atoms with E-state index in [0.717, 1.165) is 27.7 Å². The first-order valence-corrected chi connectivity index (χ1v) is 9.76. The van der Waals surface area contributed by atoms with Gasteiger partial charge in [-0.15, -0.1) is 0 Å². The lowest BCUT2D eigenvalue weighted by Gasteiger charge is -2.43. The highest BCUT2D eigenvalue weighted by Crippen LogP contribution is 2.30. The van der Waals surface area contributed by atoms with Gasteiger partial charge in [-0.05, 0) is 0 Å². The van der Waals surface area contributed by atoms with Crippen LogP contribution in [0.4, 0.5) is 0 Å². The van der Waals surface area contributed by atoms with Gasteiger partial charge in [0.05, 0.1) is 10.8 Å². The number of nitrogens with two attached hydrogens (primary N) is 1. The Morgan fingerprint density at radius 2 is 1.31 bits per heavy atom. The molecule has 0 saturated carbocycles. The topological polar surface area (TPSA) is 175 Å². The Morgan fingerprint density at radius 1 is 0.828 bits per heavy atom. The maximum absolute atomic E-state index is 12.6. The summed E-state index contributed by atoms with van der Waals surface area (Å²) in [5.41, 5.74) is 3.59. The molecule has 12 nitrogen and oxygen atoms in total. The van der Waals surface area contributed by atoms with Gasteiger partial charge in [-0.1, -0.05) is 0 Å². The van der Waals surface area contributed by atoms with E-state index >= 15 is 0 Å². The van der Waals surface area contributed by atoms with Crippen LogP contribution in [0.25, 0.3) is 0 Å². The van der Waals surface area contributed by atoms with Crippen LogP contribution in [0, 0.1) is 0 Å². The third-order valence-electron chi connectivity index (χ3n) is 3.49. The molecule has 1 saturated heterocycles. The van der Waals surface area contributed by atoms with Crippen molar-refractivity contribution in [3.63, 3.8) is 0 Å². The zero-order chi connectivity index (χ0) is 22.3. The van der Waals surface area contributed by atoms with Crippen LogP contribution in [-0.2, 0) is 58.5 Å². The number of carbonyl (C=O) groups is 5. The van der Waals surface area contributed by atoms with Crippen molar-refractivity contribution < 1.29 is 51.9 Å². The summed E-state index contributed by atoms with van der Waals surface area (Å²) < 4.78 is 38.5. The SMILES string of the molecule is CC(=O)OC[C@H]1O[C@@H](S(=O)CC(N)=O)[C@H](OC(C)=O)[C@@H](OC(C)=O)[C@@H]1OC(C)=O. The van der Waals surface area contributed by atoms with Crippen LogP contribution < -0.4 is 5.73 Å². The molecule has 0 radical (unpaired) electrons. The summed E-state index contributed by atoms with van der Waals surface area (Å²) in [5, 5.41) is 0. The average Bonchev–Trinajstić information content (AvgIpc) is 2.54. The zero-order valence-electron chi connectivity index (χ0n) is 16.3. The van der Waals surface area contributed by atoms with Gasteiger partial charge in [0.25, 0.3) is 0 Å². The first kappa shape index (κ1) is 24.5. The molecule has 29 heavy (non-hydrogen) atoms.